The topological polar surface area (TPSA) is 67.8 Å². The number of hydrogen-bond acceptors (Lipinski definition) is 4. The average Bonchev–Trinajstić information content (AvgIpc) is 3.40. The summed E-state index contributed by atoms with van der Waals surface area (Å²) in [5.41, 5.74) is 4.58. The van der Waals surface area contributed by atoms with Crippen LogP contribution < -0.4 is 10.1 Å². The van der Waals surface area contributed by atoms with E-state index in [0.29, 0.717) is 17.6 Å². The molecule has 2 atom stereocenters. The lowest BCUT2D eigenvalue weighted by molar-refractivity contribution is -0.274. The molecule has 6 nitrogen and oxygen atoms in total. The van der Waals surface area contributed by atoms with Crippen LogP contribution in [-0.4, -0.2) is 26.1 Å². The Balaban J connectivity index is 1.54. The SMILES string of the molecule is C[C@H]1C[C@@H](n2c(Nc3ccc(OC(F)(F)F)cc3)nc3cc(-c4ccn[nH]4)ccc32)CC(C)(C)C1. The van der Waals surface area contributed by atoms with E-state index in [-0.39, 0.29) is 17.2 Å². The number of hydrogen-bond donors (Lipinski definition) is 2. The number of ether oxygens (including phenoxy) is 1. The molecule has 0 unspecified atom stereocenters. The molecule has 1 saturated carbocycles. The summed E-state index contributed by atoms with van der Waals surface area (Å²) in [4.78, 5) is 4.91. The first kappa shape index (κ1) is 23.3. The third-order valence-electron chi connectivity index (χ3n) is 6.57. The number of benzene rings is 2. The van der Waals surface area contributed by atoms with Crippen molar-refractivity contribution in [2.75, 3.05) is 5.32 Å². The highest BCUT2D eigenvalue weighted by molar-refractivity contribution is 5.84. The molecule has 2 aromatic carbocycles. The molecule has 35 heavy (non-hydrogen) atoms. The van der Waals surface area contributed by atoms with Gasteiger partial charge in [0.05, 0.1) is 16.7 Å². The molecule has 5 rings (SSSR count). The Kier molecular flexibility index (Phi) is 5.73. The van der Waals surface area contributed by atoms with E-state index in [1.807, 2.05) is 12.1 Å². The molecule has 0 amide bonds. The number of halogens is 3. The number of imidazole rings is 1. The highest BCUT2D eigenvalue weighted by atomic mass is 19.4. The van der Waals surface area contributed by atoms with Gasteiger partial charge in [-0.15, -0.1) is 13.2 Å². The maximum Gasteiger partial charge on any atom is 0.573 e. The number of rotatable bonds is 5. The van der Waals surface area contributed by atoms with Gasteiger partial charge in [-0.25, -0.2) is 4.98 Å². The minimum atomic E-state index is -4.72. The van der Waals surface area contributed by atoms with Gasteiger partial charge in [0.15, 0.2) is 0 Å². The number of fused-ring (bicyclic) bond motifs is 1. The quantitative estimate of drug-likeness (QED) is 0.309. The number of aromatic amines is 1. The molecule has 4 aromatic rings. The Labute approximate surface area is 201 Å². The fraction of sp³-hybridized carbons (Fsp3) is 0.385. The van der Waals surface area contributed by atoms with Crippen LogP contribution in [0.15, 0.2) is 54.7 Å². The van der Waals surface area contributed by atoms with Gasteiger partial charge in [-0.2, -0.15) is 5.10 Å². The minimum Gasteiger partial charge on any atom is -0.406 e. The number of nitrogens with zero attached hydrogens (tertiary/aromatic N) is 3. The summed E-state index contributed by atoms with van der Waals surface area (Å²) in [6, 6.07) is 14.0. The Morgan fingerprint density at radius 1 is 1.09 bits per heavy atom. The third-order valence-corrected chi connectivity index (χ3v) is 6.57. The average molecular weight is 484 g/mol. The van der Waals surface area contributed by atoms with Crippen LogP contribution in [0.3, 0.4) is 0 Å². The first-order chi connectivity index (χ1) is 16.6. The largest absolute Gasteiger partial charge is 0.573 e. The van der Waals surface area contributed by atoms with Gasteiger partial charge in [0.1, 0.15) is 5.75 Å². The molecule has 2 aromatic heterocycles. The van der Waals surface area contributed by atoms with Crippen molar-refractivity contribution >= 4 is 22.7 Å². The van der Waals surface area contributed by atoms with Gasteiger partial charge in [0.2, 0.25) is 5.95 Å². The fourth-order valence-electron chi connectivity index (χ4n) is 5.50. The van der Waals surface area contributed by atoms with Gasteiger partial charge in [-0.3, -0.25) is 5.10 Å². The van der Waals surface area contributed by atoms with E-state index < -0.39 is 6.36 Å². The first-order valence-electron chi connectivity index (χ1n) is 11.7. The zero-order chi connectivity index (χ0) is 24.8. The van der Waals surface area contributed by atoms with E-state index in [0.717, 1.165) is 35.1 Å². The number of H-pyrrole nitrogens is 1. The minimum absolute atomic E-state index is 0.197. The normalized spacial score (nSPS) is 20.2. The lowest BCUT2D eigenvalue weighted by Gasteiger charge is -2.40. The molecule has 2 heterocycles. The molecule has 0 aliphatic heterocycles. The lowest BCUT2D eigenvalue weighted by atomic mass is 9.70. The Bertz CT molecular complexity index is 1310. The van der Waals surface area contributed by atoms with Crippen LogP contribution in [0.1, 0.15) is 46.1 Å². The van der Waals surface area contributed by atoms with E-state index >= 15 is 0 Å². The molecule has 1 aliphatic rings. The second kappa shape index (κ2) is 8.62. The highest BCUT2D eigenvalue weighted by Gasteiger charge is 2.35. The molecule has 184 valence electrons. The number of nitrogens with one attached hydrogen (secondary N) is 2. The summed E-state index contributed by atoms with van der Waals surface area (Å²) < 4.78 is 43.9. The van der Waals surface area contributed by atoms with Crippen LogP contribution in [-0.2, 0) is 0 Å². The Morgan fingerprint density at radius 3 is 2.51 bits per heavy atom. The van der Waals surface area contributed by atoms with E-state index in [4.69, 9.17) is 4.98 Å². The van der Waals surface area contributed by atoms with E-state index in [2.05, 4.69) is 57.7 Å². The van der Waals surface area contributed by atoms with Gasteiger partial charge >= 0.3 is 6.36 Å². The van der Waals surface area contributed by atoms with Crippen LogP contribution in [0.4, 0.5) is 24.8 Å². The van der Waals surface area contributed by atoms with Crippen LogP contribution in [0.25, 0.3) is 22.3 Å². The predicted octanol–water partition coefficient (Wildman–Crippen LogP) is 7.46. The van der Waals surface area contributed by atoms with E-state index in [9.17, 15) is 13.2 Å². The number of anilines is 2. The molecule has 9 heteroatoms. The Hall–Kier alpha value is -3.49. The lowest BCUT2D eigenvalue weighted by Crippen LogP contribution is -2.29. The van der Waals surface area contributed by atoms with Crippen molar-refractivity contribution in [1.29, 1.82) is 0 Å². The van der Waals surface area contributed by atoms with Crippen molar-refractivity contribution in [2.45, 2.75) is 52.4 Å². The Morgan fingerprint density at radius 2 is 1.86 bits per heavy atom. The second-order valence-electron chi connectivity index (χ2n) is 10.2. The summed E-state index contributed by atoms with van der Waals surface area (Å²) >= 11 is 0. The van der Waals surface area contributed by atoms with Crippen LogP contribution >= 0.6 is 0 Å². The zero-order valence-electron chi connectivity index (χ0n) is 19.9. The predicted molar refractivity (Wildman–Crippen MR) is 130 cm³/mol. The molecule has 0 spiro atoms. The summed E-state index contributed by atoms with van der Waals surface area (Å²) in [6.07, 6.45) is 0.203. The molecule has 0 saturated heterocycles. The van der Waals surface area contributed by atoms with Gasteiger partial charge in [-0.05, 0) is 73.1 Å². The molecule has 2 N–H and O–H groups in total. The smallest absolute Gasteiger partial charge is 0.406 e. The number of alkyl halides is 3. The van der Waals surface area contributed by atoms with Crippen molar-refractivity contribution in [2.24, 2.45) is 11.3 Å². The van der Waals surface area contributed by atoms with Gasteiger partial charge in [0.25, 0.3) is 0 Å². The summed E-state index contributed by atoms with van der Waals surface area (Å²) in [6.45, 7) is 6.89. The van der Waals surface area contributed by atoms with Crippen molar-refractivity contribution in [1.82, 2.24) is 19.7 Å². The summed E-state index contributed by atoms with van der Waals surface area (Å²) in [5.74, 6) is 0.974. The summed E-state index contributed by atoms with van der Waals surface area (Å²) in [5, 5.41) is 10.4. The van der Waals surface area contributed by atoms with Gasteiger partial charge in [-0.1, -0.05) is 26.8 Å². The third kappa shape index (κ3) is 5.13. The highest BCUT2D eigenvalue weighted by Crippen LogP contribution is 2.46. The molecule has 1 fully saturated rings. The van der Waals surface area contributed by atoms with Crippen molar-refractivity contribution < 1.29 is 17.9 Å². The van der Waals surface area contributed by atoms with Crippen LogP contribution in [0.5, 0.6) is 5.75 Å². The second-order valence-corrected chi connectivity index (χ2v) is 10.2. The zero-order valence-corrected chi connectivity index (χ0v) is 19.9. The standard InChI is InChI=1S/C26H28F3N5O/c1-16-12-19(15-25(2,3)14-16)34-23-9-4-17(21-10-11-30-33-21)13-22(23)32-24(34)31-18-5-7-20(8-6-18)35-26(27,28)29/h4-11,13,16,19H,12,14-15H2,1-3H3,(H,30,33)(H,31,32)/t16-,19+/m0/s1. The van der Waals surface area contributed by atoms with Crippen molar-refractivity contribution in [3.8, 4) is 17.0 Å². The monoisotopic (exact) mass is 483 g/mol. The maximum atomic E-state index is 12.5. The fourth-order valence-corrected chi connectivity index (χ4v) is 5.50. The van der Waals surface area contributed by atoms with E-state index in [1.54, 1.807) is 18.3 Å². The van der Waals surface area contributed by atoms with Crippen LogP contribution in [0.2, 0.25) is 0 Å². The number of aromatic nitrogens is 4. The molecule has 1 aliphatic carbocycles. The molecule has 0 bridgehead atoms. The first-order valence-corrected chi connectivity index (χ1v) is 11.7. The molecular formula is C26H28F3N5O. The van der Waals surface area contributed by atoms with Crippen molar-refractivity contribution in [3.05, 3.63) is 54.7 Å². The molecular weight excluding hydrogens is 455 g/mol. The van der Waals surface area contributed by atoms with Crippen molar-refractivity contribution in [3.63, 3.8) is 0 Å². The van der Waals surface area contributed by atoms with Gasteiger partial charge < -0.3 is 14.6 Å². The maximum absolute atomic E-state index is 12.5. The summed E-state index contributed by atoms with van der Waals surface area (Å²) in [7, 11) is 0. The molecule has 0 radical (unpaired) electrons. The van der Waals surface area contributed by atoms with Crippen LogP contribution in [0, 0.1) is 11.3 Å². The van der Waals surface area contributed by atoms with E-state index in [1.165, 1.54) is 18.6 Å². The van der Waals surface area contributed by atoms with Gasteiger partial charge in [0, 0.05) is 23.5 Å².